The van der Waals surface area contributed by atoms with Crippen LogP contribution in [0.1, 0.15) is 5.56 Å². The molecule has 0 aliphatic carbocycles. The van der Waals surface area contributed by atoms with E-state index in [1.807, 2.05) is 18.2 Å². The standard InChI is InChI=1S/C17H13ClFIN2O2/c18-15-8-12(19)5-4-11(15)10-21-6-7-22(17(24)16(21)23)14-3-1-2-13(20)9-14/h1-5,8-9H,6-7,10H2. The number of piperazine rings is 1. The highest BCUT2D eigenvalue weighted by molar-refractivity contribution is 14.1. The molecule has 3 rings (SSSR count). The van der Waals surface area contributed by atoms with Gasteiger partial charge in [-0.25, -0.2) is 4.39 Å². The lowest BCUT2D eigenvalue weighted by Gasteiger charge is -2.34. The molecule has 0 atom stereocenters. The smallest absolute Gasteiger partial charge is 0.316 e. The number of benzene rings is 2. The summed E-state index contributed by atoms with van der Waals surface area (Å²) in [6.45, 7) is 0.983. The predicted molar refractivity (Wildman–Crippen MR) is 98.3 cm³/mol. The summed E-state index contributed by atoms with van der Waals surface area (Å²) in [5.41, 5.74) is 1.32. The third-order valence-electron chi connectivity index (χ3n) is 3.81. The van der Waals surface area contributed by atoms with Gasteiger partial charge >= 0.3 is 11.8 Å². The van der Waals surface area contributed by atoms with Crippen molar-refractivity contribution in [2.45, 2.75) is 6.54 Å². The maximum Gasteiger partial charge on any atom is 0.316 e. The van der Waals surface area contributed by atoms with E-state index < -0.39 is 17.6 Å². The second-order valence-electron chi connectivity index (χ2n) is 5.40. The molecule has 0 unspecified atom stereocenters. The first kappa shape index (κ1) is 17.2. The first-order valence-corrected chi connectivity index (χ1v) is 8.71. The molecule has 1 fully saturated rings. The molecule has 124 valence electrons. The van der Waals surface area contributed by atoms with Gasteiger partial charge in [-0.15, -0.1) is 0 Å². The molecule has 1 heterocycles. The van der Waals surface area contributed by atoms with Gasteiger partial charge in [-0.05, 0) is 58.5 Å². The maximum absolute atomic E-state index is 13.1. The summed E-state index contributed by atoms with van der Waals surface area (Å²) in [6, 6.07) is 11.4. The quantitative estimate of drug-likeness (QED) is 0.522. The van der Waals surface area contributed by atoms with Crippen LogP contribution in [0.2, 0.25) is 5.02 Å². The zero-order chi connectivity index (χ0) is 17.3. The van der Waals surface area contributed by atoms with Gasteiger partial charge in [-0.2, -0.15) is 0 Å². The molecule has 1 saturated heterocycles. The summed E-state index contributed by atoms with van der Waals surface area (Å²) in [5.74, 6) is -1.59. The van der Waals surface area contributed by atoms with Crippen molar-refractivity contribution in [3.05, 3.63) is 62.4 Å². The lowest BCUT2D eigenvalue weighted by molar-refractivity contribution is -0.146. The van der Waals surface area contributed by atoms with E-state index in [1.165, 1.54) is 28.0 Å². The molecule has 0 N–H and O–H groups in total. The van der Waals surface area contributed by atoms with E-state index in [0.29, 0.717) is 24.3 Å². The van der Waals surface area contributed by atoms with Crippen LogP contribution < -0.4 is 4.90 Å². The highest BCUT2D eigenvalue weighted by Crippen LogP contribution is 2.23. The highest BCUT2D eigenvalue weighted by atomic mass is 127. The monoisotopic (exact) mass is 458 g/mol. The van der Waals surface area contributed by atoms with Crippen molar-refractivity contribution < 1.29 is 14.0 Å². The van der Waals surface area contributed by atoms with Crippen LogP contribution in [-0.2, 0) is 16.1 Å². The van der Waals surface area contributed by atoms with Crippen LogP contribution in [0.4, 0.5) is 10.1 Å². The van der Waals surface area contributed by atoms with E-state index in [2.05, 4.69) is 22.6 Å². The van der Waals surface area contributed by atoms with Crippen molar-refractivity contribution >= 4 is 51.7 Å². The van der Waals surface area contributed by atoms with Gasteiger partial charge < -0.3 is 9.80 Å². The van der Waals surface area contributed by atoms with E-state index in [0.717, 1.165) is 3.57 Å². The first-order valence-electron chi connectivity index (χ1n) is 7.26. The van der Waals surface area contributed by atoms with Crippen LogP contribution in [-0.4, -0.2) is 29.8 Å². The van der Waals surface area contributed by atoms with Crippen LogP contribution in [0.3, 0.4) is 0 Å². The Morgan fingerprint density at radius 2 is 1.88 bits per heavy atom. The summed E-state index contributed by atoms with van der Waals surface area (Å²) >= 11 is 8.16. The Balaban J connectivity index is 1.76. The third kappa shape index (κ3) is 3.54. The average molecular weight is 459 g/mol. The molecule has 0 bridgehead atoms. The van der Waals surface area contributed by atoms with Gasteiger partial charge in [0, 0.05) is 33.9 Å². The molecule has 0 saturated carbocycles. The molecule has 1 aliphatic heterocycles. The summed E-state index contributed by atoms with van der Waals surface area (Å²) < 4.78 is 14.1. The van der Waals surface area contributed by atoms with Crippen molar-refractivity contribution in [1.29, 1.82) is 0 Å². The second-order valence-corrected chi connectivity index (χ2v) is 7.05. The molecule has 4 nitrogen and oxygen atoms in total. The number of nitrogens with zero attached hydrogens (tertiary/aromatic N) is 2. The van der Waals surface area contributed by atoms with E-state index in [-0.39, 0.29) is 11.6 Å². The van der Waals surface area contributed by atoms with E-state index in [1.54, 1.807) is 6.07 Å². The van der Waals surface area contributed by atoms with Crippen LogP contribution in [0.15, 0.2) is 42.5 Å². The number of hydrogen-bond acceptors (Lipinski definition) is 2. The van der Waals surface area contributed by atoms with Gasteiger partial charge in [-0.3, -0.25) is 9.59 Å². The zero-order valence-corrected chi connectivity index (χ0v) is 15.4. The number of amides is 2. The minimum absolute atomic E-state index is 0.184. The van der Waals surface area contributed by atoms with Crippen molar-refractivity contribution in [2.24, 2.45) is 0 Å². The minimum Gasteiger partial charge on any atom is -0.328 e. The molecule has 0 spiro atoms. The summed E-state index contributed by atoms with van der Waals surface area (Å²) in [6.07, 6.45) is 0. The molecular formula is C17H13ClFIN2O2. The maximum atomic E-state index is 13.1. The number of anilines is 1. The fourth-order valence-corrected chi connectivity index (χ4v) is 3.32. The lowest BCUT2D eigenvalue weighted by atomic mass is 10.1. The molecule has 1 aliphatic rings. The zero-order valence-electron chi connectivity index (χ0n) is 12.5. The van der Waals surface area contributed by atoms with Gasteiger partial charge in [0.2, 0.25) is 0 Å². The largest absolute Gasteiger partial charge is 0.328 e. The third-order valence-corrected chi connectivity index (χ3v) is 4.83. The Labute approximate surface area is 157 Å². The Bertz CT molecular complexity index is 815. The summed E-state index contributed by atoms with van der Waals surface area (Å²) in [4.78, 5) is 27.7. The molecule has 0 radical (unpaired) electrons. The van der Waals surface area contributed by atoms with Gasteiger partial charge in [0.1, 0.15) is 5.82 Å². The van der Waals surface area contributed by atoms with Crippen molar-refractivity contribution in [3.8, 4) is 0 Å². The summed E-state index contributed by atoms with van der Waals surface area (Å²) in [7, 11) is 0. The first-order chi connectivity index (χ1) is 11.5. The van der Waals surface area contributed by atoms with Crippen LogP contribution in [0.5, 0.6) is 0 Å². The molecular weight excluding hydrogens is 446 g/mol. The number of halogens is 3. The number of rotatable bonds is 3. The van der Waals surface area contributed by atoms with Gasteiger partial charge in [0.05, 0.1) is 0 Å². The van der Waals surface area contributed by atoms with Crippen LogP contribution in [0.25, 0.3) is 0 Å². The molecule has 2 amide bonds. The van der Waals surface area contributed by atoms with Crippen molar-refractivity contribution in [2.75, 3.05) is 18.0 Å². The van der Waals surface area contributed by atoms with E-state index in [9.17, 15) is 14.0 Å². The minimum atomic E-state index is -0.583. The fraction of sp³-hybridized carbons (Fsp3) is 0.176. The van der Waals surface area contributed by atoms with Gasteiger partial charge in [0.15, 0.2) is 0 Å². The normalized spacial score (nSPS) is 15.1. The van der Waals surface area contributed by atoms with Crippen molar-refractivity contribution in [3.63, 3.8) is 0 Å². The highest BCUT2D eigenvalue weighted by Gasteiger charge is 2.33. The molecule has 2 aromatic carbocycles. The summed E-state index contributed by atoms with van der Waals surface area (Å²) in [5, 5.41) is 0.246. The molecule has 7 heteroatoms. The van der Waals surface area contributed by atoms with Crippen LogP contribution in [0, 0.1) is 9.39 Å². The Hall–Kier alpha value is -1.67. The fourth-order valence-electron chi connectivity index (χ4n) is 2.57. The number of carbonyl (C=O) groups is 2. The molecule has 2 aromatic rings. The SMILES string of the molecule is O=C1C(=O)N(c2cccc(I)c2)CCN1Cc1ccc(F)cc1Cl. The number of hydrogen-bond donors (Lipinski definition) is 0. The van der Waals surface area contributed by atoms with Crippen molar-refractivity contribution in [1.82, 2.24) is 4.90 Å². The van der Waals surface area contributed by atoms with Gasteiger partial charge in [-0.1, -0.05) is 23.7 Å². The molecule has 24 heavy (non-hydrogen) atoms. The molecule has 0 aromatic heterocycles. The second kappa shape index (κ2) is 7.06. The van der Waals surface area contributed by atoms with E-state index >= 15 is 0 Å². The average Bonchev–Trinajstić information content (AvgIpc) is 2.54. The van der Waals surface area contributed by atoms with Crippen LogP contribution >= 0.6 is 34.2 Å². The number of carbonyl (C=O) groups excluding carboxylic acids is 2. The Kier molecular flexibility index (Phi) is 5.05. The predicted octanol–water partition coefficient (Wildman–Crippen LogP) is 3.46. The topological polar surface area (TPSA) is 40.6 Å². The van der Waals surface area contributed by atoms with E-state index in [4.69, 9.17) is 11.6 Å². The lowest BCUT2D eigenvalue weighted by Crippen LogP contribution is -2.54. The Morgan fingerprint density at radius 3 is 2.58 bits per heavy atom. The Morgan fingerprint density at radius 1 is 1.08 bits per heavy atom. The van der Waals surface area contributed by atoms with Gasteiger partial charge in [0.25, 0.3) is 0 Å².